The van der Waals surface area contributed by atoms with E-state index in [2.05, 4.69) is 6.07 Å². The Labute approximate surface area is 88.1 Å². The summed E-state index contributed by atoms with van der Waals surface area (Å²) in [6.07, 6.45) is 3.80. The lowest BCUT2D eigenvalue weighted by molar-refractivity contribution is 0.413. The maximum atomic E-state index is 9.09. The number of rotatable bonds is 2. The van der Waals surface area contributed by atoms with Crippen LogP contribution < -0.4 is 4.74 Å². The molecule has 0 atom stereocenters. The van der Waals surface area contributed by atoms with Gasteiger partial charge in [-0.25, -0.2) is 0 Å². The number of hydrogen-bond donors (Lipinski definition) is 0. The third-order valence-corrected chi connectivity index (χ3v) is 2.22. The quantitative estimate of drug-likeness (QED) is 0.742. The van der Waals surface area contributed by atoms with Gasteiger partial charge in [0.05, 0.1) is 12.8 Å². The number of hydrogen-bond acceptors (Lipinski definition) is 2. The largest absolute Gasteiger partial charge is 0.495 e. The zero-order valence-corrected chi connectivity index (χ0v) is 8.34. The number of nitriles is 1. The molecule has 0 radical (unpaired) electrons. The van der Waals surface area contributed by atoms with Crippen molar-refractivity contribution in [3.63, 3.8) is 0 Å². The molecular formula is C12H10N2O. The van der Waals surface area contributed by atoms with E-state index in [-0.39, 0.29) is 0 Å². The van der Waals surface area contributed by atoms with Crippen molar-refractivity contribution in [2.24, 2.45) is 0 Å². The predicted molar refractivity (Wildman–Crippen MR) is 57.0 cm³/mol. The Morgan fingerprint density at radius 1 is 1.20 bits per heavy atom. The minimum Gasteiger partial charge on any atom is -0.495 e. The molecule has 1 aromatic heterocycles. The highest BCUT2D eigenvalue weighted by Gasteiger charge is 2.08. The third kappa shape index (κ3) is 1.57. The summed E-state index contributed by atoms with van der Waals surface area (Å²) in [5.41, 5.74) is 1.39. The summed E-state index contributed by atoms with van der Waals surface area (Å²) in [7, 11) is 1.57. The van der Waals surface area contributed by atoms with Crippen LogP contribution in [0.2, 0.25) is 0 Å². The summed E-state index contributed by atoms with van der Waals surface area (Å²) in [5, 5.41) is 9.09. The topological polar surface area (TPSA) is 38.0 Å². The van der Waals surface area contributed by atoms with Gasteiger partial charge in [0, 0.05) is 12.4 Å². The van der Waals surface area contributed by atoms with E-state index < -0.39 is 0 Å². The summed E-state index contributed by atoms with van der Waals surface area (Å²) < 4.78 is 7.03. The Kier molecular flexibility index (Phi) is 2.42. The smallest absolute Gasteiger partial charge is 0.138 e. The van der Waals surface area contributed by atoms with Crippen LogP contribution in [0.5, 0.6) is 5.75 Å². The van der Waals surface area contributed by atoms with E-state index in [0.717, 1.165) is 5.69 Å². The number of aromatic nitrogens is 1. The number of benzene rings is 1. The normalized spacial score (nSPS) is 9.60. The Bertz CT molecular complexity index is 495. The molecule has 0 aliphatic heterocycles. The minimum atomic E-state index is 0.552. The Balaban J connectivity index is 2.63. The monoisotopic (exact) mass is 198 g/mol. The maximum Gasteiger partial charge on any atom is 0.138 e. The Morgan fingerprint density at radius 2 is 1.93 bits per heavy atom. The van der Waals surface area contributed by atoms with E-state index in [1.54, 1.807) is 13.2 Å². The van der Waals surface area contributed by atoms with Crippen LogP contribution in [0.1, 0.15) is 5.56 Å². The van der Waals surface area contributed by atoms with Gasteiger partial charge < -0.3 is 9.30 Å². The van der Waals surface area contributed by atoms with E-state index >= 15 is 0 Å². The molecule has 2 aromatic rings. The van der Waals surface area contributed by atoms with Gasteiger partial charge in [0.1, 0.15) is 17.4 Å². The minimum absolute atomic E-state index is 0.552. The van der Waals surface area contributed by atoms with E-state index in [1.165, 1.54) is 0 Å². The first-order valence-corrected chi connectivity index (χ1v) is 4.57. The molecule has 0 amide bonds. The van der Waals surface area contributed by atoms with E-state index in [4.69, 9.17) is 10.00 Å². The highest BCUT2D eigenvalue weighted by molar-refractivity contribution is 5.57. The van der Waals surface area contributed by atoms with Crippen molar-refractivity contribution in [3.05, 3.63) is 48.3 Å². The van der Waals surface area contributed by atoms with Crippen molar-refractivity contribution in [1.29, 1.82) is 5.26 Å². The van der Waals surface area contributed by atoms with Crippen molar-refractivity contribution in [3.8, 4) is 17.5 Å². The summed E-state index contributed by atoms with van der Waals surface area (Å²) in [6.45, 7) is 0. The number of nitrogens with zero attached hydrogens (tertiary/aromatic N) is 2. The van der Waals surface area contributed by atoms with Crippen molar-refractivity contribution in [1.82, 2.24) is 4.57 Å². The SMILES string of the molecule is COc1cccc(-n2cccc2)c1C#N. The van der Waals surface area contributed by atoms with Crippen LogP contribution in [0, 0.1) is 11.3 Å². The second-order valence-corrected chi connectivity index (χ2v) is 3.06. The Morgan fingerprint density at radius 3 is 2.53 bits per heavy atom. The van der Waals surface area contributed by atoms with E-state index in [1.807, 2.05) is 41.2 Å². The lowest BCUT2D eigenvalue weighted by Crippen LogP contribution is -1.97. The van der Waals surface area contributed by atoms with Crippen LogP contribution in [0.4, 0.5) is 0 Å². The number of methoxy groups -OCH3 is 1. The molecule has 0 unspecified atom stereocenters. The third-order valence-electron chi connectivity index (χ3n) is 2.22. The van der Waals surface area contributed by atoms with Gasteiger partial charge in [-0.1, -0.05) is 6.07 Å². The van der Waals surface area contributed by atoms with Gasteiger partial charge in [-0.3, -0.25) is 0 Å². The van der Waals surface area contributed by atoms with Crippen molar-refractivity contribution in [2.75, 3.05) is 7.11 Å². The molecule has 0 N–H and O–H groups in total. The first kappa shape index (κ1) is 9.35. The molecule has 74 valence electrons. The van der Waals surface area contributed by atoms with Crippen LogP contribution in [-0.4, -0.2) is 11.7 Å². The van der Waals surface area contributed by atoms with Crippen LogP contribution >= 0.6 is 0 Å². The van der Waals surface area contributed by atoms with Gasteiger partial charge >= 0.3 is 0 Å². The van der Waals surface area contributed by atoms with Crippen molar-refractivity contribution < 1.29 is 4.74 Å². The molecule has 3 heteroatoms. The van der Waals surface area contributed by atoms with Gasteiger partial charge in [-0.2, -0.15) is 5.26 Å². The molecule has 0 aliphatic carbocycles. The van der Waals surface area contributed by atoms with E-state index in [9.17, 15) is 0 Å². The molecule has 0 fully saturated rings. The van der Waals surface area contributed by atoms with Crippen LogP contribution in [-0.2, 0) is 0 Å². The molecule has 3 nitrogen and oxygen atoms in total. The highest BCUT2D eigenvalue weighted by Crippen LogP contribution is 2.24. The van der Waals surface area contributed by atoms with Crippen LogP contribution in [0.3, 0.4) is 0 Å². The van der Waals surface area contributed by atoms with Crippen molar-refractivity contribution in [2.45, 2.75) is 0 Å². The van der Waals surface area contributed by atoms with Crippen molar-refractivity contribution >= 4 is 0 Å². The summed E-state index contributed by atoms with van der Waals surface area (Å²) in [5.74, 6) is 0.601. The summed E-state index contributed by atoms with van der Waals surface area (Å²) in [6, 6.07) is 11.5. The standard InChI is InChI=1S/C12H10N2O/c1-15-12-6-4-5-11(10(12)9-13)14-7-2-3-8-14/h2-8H,1H3. The molecule has 1 heterocycles. The van der Waals surface area contributed by atoms with Gasteiger partial charge in [-0.15, -0.1) is 0 Å². The maximum absolute atomic E-state index is 9.09. The second kappa shape index (κ2) is 3.89. The average molecular weight is 198 g/mol. The lowest BCUT2D eigenvalue weighted by Gasteiger charge is -2.08. The molecular weight excluding hydrogens is 188 g/mol. The molecule has 1 aromatic carbocycles. The molecule has 0 saturated carbocycles. The van der Waals surface area contributed by atoms with Gasteiger partial charge in [-0.05, 0) is 24.3 Å². The molecule has 0 saturated heterocycles. The molecule has 0 aliphatic rings. The molecule has 0 spiro atoms. The fraction of sp³-hybridized carbons (Fsp3) is 0.0833. The fourth-order valence-electron chi connectivity index (χ4n) is 1.51. The van der Waals surface area contributed by atoms with Gasteiger partial charge in [0.2, 0.25) is 0 Å². The van der Waals surface area contributed by atoms with Crippen LogP contribution in [0.15, 0.2) is 42.7 Å². The molecule has 0 bridgehead atoms. The summed E-state index contributed by atoms with van der Waals surface area (Å²) in [4.78, 5) is 0. The second-order valence-electron chi connectivity index (χ2n) is 3.06. The van der Waals surface area contributed by atoms with E-state index in [0.29, 0.717) is 11.3 Å². The van der Waals surface area contributed by atoms with Crippen LogP contribution in [0.25, 0.3) is 5.69 Å². The number of ether oxygens (including phenoxy) is 1. The first-order valence-electron chi connectivity index (χ1n) is 4.57. The first-order chi connectivity index (χ1) is 7.36. The highest BCUT2D eigenvalue weighted by atomic mass is 16.5. The lowest BCUT2D eigenvalue weighted by atomic mass is 10.1. The van der Waals surface area contributed by atoms with Gasteiger partial charge in [0.15, 0.2) is 0 Å². The molecule has 2 rings (SSSR count). The Hall–Kier alpha value is -2.21. The zero-order valence-electron chi connectivity index (χ0n) is 8.34. The van der Waals surface area contributed by atoms with Gasteiger partial charge in [0.25, 0.3) is 0 Å². The molecule has 15 heavy (non-hydrogen) atoms. The zero-order chi connectivity index (χ0) is 10.7. The fourth-order valence-corrected chi connectivity index (χ4v) is 1.51. The average Bonchev–Trinajstić information content (AvgIpc) is 2.81. The predicted octanol–water partition coefficient (Wildman–Crippen LogP) is 2.36. The summed E-state index contributed by atoms with van der Waals surface area (Å²) >= 11 is 0.